The van der Waals surface area contributed by atoms with Gasteiger partial charge in [0.25, 0.3) is 0 Å². The lowest BCUT2D eigenvalue weighted by atomic mass is 10.1. The van der Waals surface area contributed by atoms with Crippen LogP contribution in [0.1, 0.15) is 25.3 Å². The largest absolute Gasteiger partial charge is 0.497 e. The molecule has 0 amide bonds. The molecule has 6 nitrogen and oxygen atoms in total. The fourth-order valence-electron chi connectivity index (χ4n) is 2.62. The van der Waals surface area contributed by atoms with Gasteiger partial charge in [0, 0.05) is 24.7 Å². The van der Waals surface area contributed by atoms with Gasteiger partial charge < -0.3 is 24.8 Å². The Kier molecular flexibility index (Phi) is 11.1. The highest BCUT2D eigenvalue weighted by molar-refractivity contribution is 14.0. The number of hydrogen-bond acceptors (Lipinski definition) is 4. The van der Waals surface area contributed by atoms with Crippen molar-refractivity contribution >= 4 is 29.9 Å². The molecule has 0 saturated carbocycles. The van der Waals surface area contributed by atoms with E-state index in [1.54, 1.807) is 14.2 Å². The van der Waals surface area contributed by atoms with Crippen LogP contribution in [0.25, 0.3) is 0 Å². The lowest BCUT2D eigenvalue weighted by molar-refractivity contribution is 0.153. The molecule has 0 aliphatic carbocycles. The summed E-state index contributed by atoms with van der Waals surface area (Å²) in [5, 5.41) is 6.67. The van der Waals surface area contributed by atoms with E-state index in [1.807, 2.05) is 18.2 Å². The van der Waals surface area contributed by atoms with Crippen LogP contribution in [0.3, 0.4) is 0 Å². The molecule has 2 rings (SSSR count). The standard InChI is InChI=1S/C19H29N3O3.HI/c1-4-20-19(21-10-7-15-8-11-25-12-9-15)22-14-16-5-6-17(23-2)13-18(16)24-3;/h5-6,8,13H,4,7,9-12,14H2,1-3H3,(H2,20,21,22);1H. The second-order valence-corrected chi connectivity index (χ2v) is 5.74. The smallest absolute Gasteiger partial charge is 0.191 e. The van der Waals surface area contributed by atoms with E-state index in [-0.39, 0.29) is 24.0 Å². The zero-order valence-electron chi connectivity index (χ0n) is 15.8. The normalized spacial score (nSPS) is 14.1. The van der Waals surface area contributed by atoms with E-state index in [2.05, 4.69) is 28.6 Å². The van der Waals surface area contributed by atoms with E-state index < -0.39 is 0 Å². The lowest BCUT2D eigenvalue weighted by Gasteiger charge is -2.15. The van der Waals surface area contributed by atoms with Crippen molar-refractivity contribution in [2.24, 2.45) is 4.99 Å². The summed E-state index contributed by atoms with van der Waals surface area (Å²) in [4.78, 5) is 4.66. The zero-order valence-corrected chi connectivity index (χ0v) is 18.2. The van der Waals surface area contributed by atoms with Gasteiger partial charge in [-0.05, 0) is 31.9 Å². The van der Waals surface area contributed by atoms with Crippen LogP contribution < -0.4 is 20.1 Å². The number of halogens is 1. The number of guanidine groups is 1. The molecule has 1 aromatic rings. The quantitative estimate of drug-likeness (QED) is 0.262. The third kappa shape index (κ3) is 7.41. The Labute approximate surface area is 173 Å². The van der Waals surface area contributed by atoms with Crippen LogP contribution in [0.15, 0.2) is 34.8 Å². The molecule has 0 unspecified atom stereocenters. The summed E-state index contributed by atoms with van der Waals surface area (Å²) in [7, 11) is 3.31. The second kappa shape index (κ2) is 12.8. The van der Waals surface area contributed by atoms with Crippen molar-refractivity contribution in [3.8, 4) is 11.5 Å². The average Bonchev–Trinajstić information content (AvgIpc) is 2.66. The minimum absolute atomic E-state index is 0. The molecule has 26 heavy (non-hydrogen) atoms. The SMILES string of the molecule is CCNC(=NCc1ccc(OC)cc1OC)NCCC1=CCOCC1.I. The van der Waals surface area contributed by atoms with Crippen LogP contribution in [0.5, 0.6) is 11.5 Å². The number of ether oxygens (including phenoxy) is 3. The lowest BCUT2D eigenvalue weighted by Crippen LogP contribution is -2.38. The number of aliphatic imine (C=N–C) groups is 1. The van der Waals surface area contributed by atoms with Crippen molar-refractivity contribution in [3.63, 3.8) is 0 Å². The van der Waals surface area contributed by atoms with Crippen LogP contribution in [-0.2, 0) is 11.3 Å². The Balaban J connectivity index is 0.00000338. The van der Waals surface area contributed by atoms with Crippen molar-refractivity contribution in [2.75, 3.05) is 40.5 Å². The molecule has 1 aromatic carbocycles. The first-order valence-corrected chi connectivity index (χ1v) is 8.75. The van der Waals surface area contributed by atoms with Crippen molar-refractivity contribution < 1.29 is 14.2 Å². The minimum Gasteiger partial charge on any atom is -0.497 e. The maximum absolute atomic E-state index is 5.43. The molecule has 0 aromatic heterocycles. The molecule has 1 heterocycles. The topological polar surface area (TPSA) is 64.1 Å². The van der Waals surface area contributed by atoms with Gasteiger partial charge in [-0.3, -0.25) is 0 Å². The van der Waals surface area contributed by atoms with Gasteiger partial charge in [0.1, 0.15) is 11.5 Å². The van der Waals surface area contributed by atoms with E-state index >= 15 is 0 Å². The van der Waals surface area contributed by atoms with E-state index in [9.17, 15) is 0 Å². The first kappa shape index (κ1) is 22.6. The van der Waals surface area contributed by atoms with Crippen molar-refractivity contribution in [1.29, 1.82) is 0 Å². The van der Waals surface area contributed by atoms with E-state index in [4.69, 9.17) is 14.2 Å². The molecule has 146 valence electrons. The van der Waals surface area contributed by atoms with E-state index in [1.165, 1.54) is 5.57 Å². The number of nitrogens with zero attached hydrogens (tertiary/aromatic N) is 1. The molecule has 0 bridgehead atoms. The van der Waals surface area contributed by atoms with Gasteiger partial charge in [0.15, 0.2) is 5.96 Å². The maximum atomic E-state index is 5.43. The average molecular weight is 475 g/mol. The highest BCUT2D eigenvalue weighted by Crippen LogP contribution is 2.25. The van der Waals surface area contributed by atoms with Gasteiger partial charge in [-0.15, -0.1) is 24.0 Å². The minimum atomic E-state index is 0. The second-order valence-electron chi connectivity index (χ2n) is 5.74. The zero-order chi connectivity index (χ0) is 17.9. The Bertz CT molecular complexity index is 606. The fraction of sp³-hybridized carbons (Fsp3) is 0.526. The molecule has 1 aliphatic rings. The summed E-state index contributed by atoms with van der Waals surface area (Å²) in [6.07, 6.45) is 4.22. The Morgan fingerprint density at radius 3 is 2.73 bits per heavy atom. The van der Waals surface area contributed by atoms with Crippen molar-refractivity contribution in [2.45, 2.75) is 26.3 Å². The molecular weight excluding hydrogens is 445 g/mol. The number of rotatable bonds is 8. The van der Waals surface area contributed by atoms with E-state index in [0.29, 0.717) is 6.54 Å². The number of nitrogens with one attached hydrogen (secondary N) is 2. The summed E-state index contributed by atoms with van der Waals surface area (Å²) in [5.41, 5.74) is 2.47. The Morgan fingerprint density at radius 1 is 1.23 bits per heavy atom. The third-order valence-electron chi connectivity index (χ3n) is 4.04. The molecule has 7 heteroatoms. The van der Waals surface area contributed by atoms with Crippen LogP contribution in [-0.4, -0.2) is 46.5 Å². The predicted octanol–water partition coefficient (Wildman–Crippen LogP) is 3.11. The summed E-state index contributed by atoms with van der Waals surface area (Å²) < 4.78 is 16.0. The van der Waals surface area contributed by atoms with Crippen molar-refractivity contribution in [1.82, 2.24) is 10.6 Å². The summed E-state index contributed by atoms with van der Waals surface area (Å²) in [6.45, 7) is 5.85. The van der Waals surface area contributed by atoms with Gasteiger partial charge in [-0.2, -0.15) is 0 Å². The third-order valence-corrected chi connectivity index (χ3v) is 4.04. The van der Waals surface area contributed by atoms with Gasteiger partial charge >= 0.3 is 0 Å². The molecular formula is C19H30IN3O3. The van der Waals surface area contributed by atoms with Crippen LogP contribution in [0.4, 0.5) is 0 Å². The highest BCUT2D eigenvalue weighted by Gasteiger charge is 2.06. The Hall–Kier alpha value is -1.48. The molecule has 0 fully saturated rings. The summed E-state index contributed by atoms with van der Waals surface area (Å²) in [6, 6.07) is 5.78. The van der Waals surface area contributed by atoms with Crippen LogP contribution in [0.2, 0.25) is 0 Å². The first-order valence-electron chi connectivity index (χ1n) is 8.75. The molecule has 0 saturated heterocycles. The Morgan fingerprint density at radius 2 is 2.08 bits per heavy atom. The molecule has 0 spiro atoms. The van der Waals surface area contributed by atoms with Crippen molar-refractivity contribution in [3.05, 3.63) is 35.4 Å². The fourth-order valence-corrected chi connectivity index (χ4v) is 2.62. The first-order chi connectivity index (χ1) is 12.3. The monoisotopic (exact) mass is 475 g/mol. The molecule has 1 aliphatic heterocycles. The number of methoxy groups -OCH3 is 2. The number of hydrogen-bond donors (Lipinski definition) is 2. The molecule has 0 atom stereocenters. The summed E-state index contributed by atoms with van der Waals surface area (Å²) >= 11 is 0. The van der Waals surface area contributed by atoms with Gasteiger partial charge in [-0.1, -0.05) is 11.6 Å². The van der Waals surface area contributed by atoms with Gasteiger partial charge in [0.05, 0.1) is 34.0 Å². The summed E-state index contributed by atoms with van der Waals surface area (Å²) in [5.74, 6) is 2.37. The van der Waals surface area contributed by atoms with Gasteiger partial charge in [-0.25, -0.2) is 4.99 Å². The predicted molar refractivity (Wildman–Crippen MR) is 116 cm³/mol. The molecule has 2 N–H and O–H groups in total. The van der Waals surface area contributed by atoms with Crippen LogP contribution >= 0.6 is 24.0 Å². The van der Waals surface area contributed by atoms with Gasteiger partial charge in [0.2, 0.25) is 0 Å². The van der Waals surface area contributed by atoms with Crippen LogP contribution in [0, 0.1) is 0 Å². The highest BCUT2D eigenvalue weighted by atomic mass is 127. The number of benzene rings is 1. The van der Waals surface area contributed by atoms with E-state index in [0.717, 1.165) is 62.2 Å². The molecule has 0 radical (unpaired) electrons. The maximum Gasteiger partial charge on any atom is 0.191 e.